The van der Waals surface area contributed by atoms with E-state index in [9.17, 15) is 13.2 Å². The first-order chi connectivity index (χ1) is 12.4. The molecular formula is C16H25N5O4S. The van der Waals surface area contributed by atoms with Crippen molar-refractivity contribution in [1.82, 2.24) is 20.2 Å². The van der Waals surface area contributed by atoms with Gasteiger partial charge >= 0.3 is 0 Å². The fraction of sp³-hybridized carbons (Fsp3) is 0.688. The first-order valence-corrected chi connectivity index (χ1v) is 10.6. The molecule has 2 saturated heterocycles. The molecule has 1 unspecified atom stereocenters. The highest BCUT2D eigenvalue weighted by Crippen LogP contribution is 2.20. The molecule has 0 spiro atoms. The first-order valence-electron chi connectivity index (χ1n) is 8.79. The first kappa shape index (κ1) is 19.0. The highest BCUT2D eigenvalue weighted by Gasteiger charge is 2.31. The Morgan fingerprint density at radius 3 is 2.88 bits per heavy atom. The number of amides is 1. The van der Waals surface area contributed by atoms with Crippen molar-refractivity contribution in [2.75, 3.05) is 62.8 Å². The number of carbonyl (C=O) groups excluding carboxylic acids is 1. The number of morpholine rings is 1. The van der Waals surface area contributed by atoms with Crippen molar-refractivity contribution in [3.8, 4) is 0 Å². The summed E-state index contributed by atoms with van der Waals surface area (Å²) in [4.78, 5) is 24.8. The van der Waals surface area contributed by atoms with Gasteiger partial charge in [0.2, 0.25) is 5.95 Å². The van der Waals surface area contributed by atoms with Gasteiger partial charge in [-0.3, -0.25) is 9.69 Å². The number of aromatic nitrogens is 2. The van der Waals surface area contributed by atoms with Crippen LogP contribution < -0.4 is 10.2 Å². The van der Waals surface area contributed by atoms with E-state index in [-0.39, 0.29) is 29.1 Å². The molecule has 0 bridgehead atoms. The lowest BCUT2D eigenvalue weighted by atomic mass is 10.2. The summed E-state index contributed by atoms with van der Waals surface area (Å²) in [5.74, 6) is 0.398. The molecule has 3 heterocycles. The Labute approximate surface area is 153 Å². The quantitative estimate of drug-likeness (QED) is 0.678. The third-order valence-corrected chi connectivity index (χ3v) is 6.51. The molecule has 0 radical (unpaired) electrons. The molecule has 1 aromatic heterocycles. The molecule has 26 heavy (non-hydrogen) atoms. The van der Waals surface area contributed by atoms with E-state index in [1.165, 1.54) is 6.20 Å². The minimum absolute atomic E-state index is 0.100. The van der Waals surface area contributed by atoms with E-state index in [2.05, 4.69) is 20.2 Å². The van der Waals surface area contributed by atoms with Gasteiger partial charge in [0.15, 0.2) is 9.84 Å². The van der Waals surface area contributed by atoms with E-state index in [0.717, 1.165) is 32.8 Å². The molecule has 0 aromatic carbocycles. The molecule has 10 heteroatoms. The normalized spacial score (nSPS) is 22.9. The predicted octanol–water partition coefficient (Wildman–Crippen LogP) is -0.838. The van der Waals surface area contributed by atoms with Crippen LogP contribution >= 0.6 is 0 Å². The molecule has 2 fully saturated rings. The summed E-state index contributed by atoms with van der Waals surface area (Å²) < 4.78 is 28.6. The van der Waals surface area contributed by atoms with Crippen molar-refractivity contribution in [3.63, 3.8) is 0 Å². The monoisotopic (exact) mass is 383 g/mol. The summed E-state index contributed by atoms with van der Waals surface area (Å²) in [5.41, 5.74) is 0.282. The number of rotatable bonds is 6. The lowest BCUT2D eigenvalue weighted by Crippen LogP contribution is -2.41. The minimum Gasteiger partial charge on any atom is -0.379 e. The van der Waals surface area contributed by atoms with Crippen LogP contribution in [0.4, 0.5) is 5.95 Å². The largest absolute Gasteiger partial charge is 0.379 e. The summed E-state index contributed by atoms with van der Waals surface area (Å²) in [6, 6.07) is 1.41. The molecule has 1 N–H and O–H groups in total. The van der Waals surface area contributed by atoms with Crippen molar-refractivity contribution in [1.29, 1.82) is 0 Å². The van der Waals surface area contributed by atoms with Gasteiger partial charge in [0.1, 0.15) is 5.69 Å². The SMILES string of the molecule is CN(c1nccc(C(=O)NCCN2CCOCC2)n1)C1CCS(=O)(=O)C1. The van der Waals surface area contributed by atoms with Crippen LogP contribution in [0.3, 0.4) is 0 Å². The zero-order chi connectivity index (χ0) is 18.6. The summed E-state index contributed by atoms with van der Waals surface area (Å²) in [6.45, 7) is 4.52. The predicted molar refractivity (Wildman–Crippen MR) is 97.1 cm³/mol. The van der Waals surface area contributed by atoms with E-state index >= 15 is 0 Å². The van der Waals surface area contributed by atoms with Gasteiger partial charge in [-0.2, -0.15) is 0 Å². The Balaban J connectivity index is 1.55. The molecule has 0 aliphatic carbocycles. The molecule has 3 rings (SSSR count). The Bertz CT molecular complexity index is 736. The second-order valence-corrected chi connectivity index (χ2v) is 8.85. The van der Waals surface area contributed by atoms with Crippen molar-refractivity contribution < 1.29 is 17.9 Å². The van der Waals surface area contributed by atoms with Crippen LogP contribution in [0, 0.1) is 0 Å². The average Bonchev–Trinajstić information content (AvgIpc) is 3.02. The third kappa shape index (κ3) is 4.89. The number of nitrogens with one attached hydrogen (secondary N) is 1. The molecule has 2 aliphatic heterocycles. The maximum atomic E-state index is 12.3. The zero-order valence-corrected chi connectivity index (χ0v) is 15.7. The van der Waals surface area contributed by atoms with Crippen LogP contribution in [0.15, 0.2) is 12.3 Å². The summed E-state index contributed by atoms with van der Waals surface area (Å²) >= 11 is 0. The Morgan fingerprint density at radius 1 is 1.42 bits per heavy atom. The molecule has 0 saturated carbocycles. The molecule has 1 atom stereocenters. The van der Waals surface area contributed by atoms with Gasteiger partial charge in [-0.25, -0.2) is 18.4 Å². The molecule has 1 aromatic rings. The minimum atomic E-state index is -2.99. The smallest absolute Gasteiger partial charge is 0.270 e. The van der Waals surface area contributed by atoms with Crippen molar-refractivity contribution in [3.05, 3.63) is 18.0 Å². The van der Waals surface area contributed by atoms with E-state index in [0.29, 0.717) is 18.9 Å². The molecule has 9 nitrogen and oxygen atoms in total. The topological polar surface area (TPSA) is 105 Å². The third-order valence-electron chi connectivity index (χ3n) is 4.76. The number of sulfone groups is 1. The van der Waals surface area contributed by atoms with Crippen LogP contribution in [-0.2, 0) is 14.6 Å². The van der Waals surface area contributed by atoms with Gasteiger partial charge in [-0.1, -0.05) is 0 Å². The van der Waals surface area contributed by atoms with Gasteiger partial charge in [0.25, 0.3) is 5.91 Å². The lowest BCUT2D eigenvalue weighted by Gasteiger charge is -2.26. The second-order valence-electron chi connectivity index (χ2n) is 6.62. The molecular weight excluding hydrogens is 358 g/mol. The van der Waals surface area contributed by atoms with Crippen molar-refractivity contribution in [2.24, 2.45) is 0 Å². The van der Waals surface area contributed by atoms with Crippen LogP contribution in [0.1, 0.15) is 16.9 Å². The number of hydrogen-bond donors (Lipinski definition) is 1. The van der Waals surface area contributed by atoms with Crippen LogP contribution in [0.2, 0.25) is 0 Å². The maximum Gasteiger partial charge on any atom is 0.270 e. The number of hydrogen-bond acceptors (Lipinski definition) is 8. The zero-order valence-electron chi connectivity index (χ0n) is 14.9. The Hall–Kier alpha value is -1.78. The van der Waals surface area contributed by atoms with Gasteiger partial charge < -0.3 is 15.0 Å². The number of ether oxygens (including phenoxy) is 1. The van der Waals surface area contributed by atoms with Gasteiger partial charge in [-0.05, 0) is 12.5 Å². The number of anilines is 1. The van der Waals surface area contributed by atoms with E-state index < -0.39 is 9.84 Å². The van der Waals surface area contributed by atoms with E-state index in [1.54, 1.807) is 18.0 Å². The van der Waals surface area contributed by atoms with Gasteiger partial charge in [0, 0.05) is 45.5 Å². The van der Waals surface area contributed by atoms with Gasteiger partial charge in [-0.15, -0.1) is 0 Å². The molecule has 144 valence electrons. The Morgan fingerprint density at radius 2 is 2.19 bits per heavy atom. The lowest BCUT2D eigenvalue weighted by molar-refractivity contribution is 0.0383. The average molecular weight is 383 g/mol. The summed E-state index contributed by atoms with van der Waals surface area (Å²) in [6.07, 6.45) is 2.08. The standard InChI is InChI=1S/C16H25N5O4S/c1-20(13-3-11-26(23,24)12-13)16-18-4-2-14(19-16)15(22)17-5-6-21-7-9-25-10-8-21/h2,4,13H,3,5-12H2,1H3,(H,17,22). The van der Waals surface area contributed by atoms with Crippen LogP contribution in [-0.4, -0.2) is 93.2 Å². The summed E-state index contributed by atoms with van der Waals surface area (Å²) in [7, 11) is -1.22. The van der Waals surface area contributed by atoms with Crippen LogP contribution in [0.25, 0.3) is 0 Å². The van der Waals surface area contributed by atoms with E-state index in [1.807, 2.05) is 0 Å². The second kappa shape index (κ2) is 8.28. The molecule has 1 amide bonds. The Kier molecular flexibility index (Phi) is 6.05. The van der Waals surface area contributed by atoms with Crippen molar-refractivity contribution in [2.45, 2.75) is 12.5 Å². The number of carbonyl (C=O) groups is 1. The van der Waals surface area contributed by atoms with Gasteiger partial charge in [0.05, 0.1) is 24.7 Å². The van der Waals surface area contributed by atoms with E-state index in [4.69, 9.17) is 4.74 Å². The highest BCUT2D eigenvalue weighted by atomic mass is 32.2. The fourth-order valence-electron chi connectivity index (χ4n) is 3.13. The van der Waals surface area contributed by atoms with Crippen molar-refractivity contribution >= 4 is 21.7 Å². The highest BCUT2D eigenvalue weighted by molar-refractivity contribution is 7.91. The fourth-order valence-corrected chi connectivity index (χ4v) is 4.91. The number of nitrogens with zero attached hydrogens (tertiary/aromatic N) is 4. The summed E-state index contributed by atoms with van der Waals surface area (Å²) in [5, 5.41) is 2.87. The maximum absolute atomic E-state index is 12.3. The molecule has 2 aliphatic rings. The van der Waals surface area contributed by atoms with Crippen LogP contribution in [0.5, 0.6) is 0 Å².